The Bertz CT molecular complexity index is 580. The summed E-state index contributed by atoms with van der Waals surface area (Å²) in [5.74, 6) is -2.53. The van der Waals surface area contributed by atoms with Crippen LogP contribution in [0.2, 0.25) is 0 Å². The Morgan fingerprint density at radius 2 is 1.96 bits per heavy atom. The van der Waals surface area contributed by atoms with E-state index in [1.54, 1.807) is 24.0 Å². The van der Waals surface area contributed by atoms with Crippen molar-refractivity contribution in [3.05, 3.63) is 24.3 Å². The summed E-state index contributed by atoms with van der Waals surface area (Å²) in [4.78, 5) is 26.1. The van der Waals surface area contributed by atoms with Crippen molar-refractivity contribution < 1.29 is 23.1 Å². The zero-order valence-electron chi connectivity index (χ0n) is 14.0. The number of alkyl halides is 2. The van der Waals surface area contributed by atoms with Crippen molar-refractivity contribution >= 4 is 29.3 Å². The zero-order chi connectivity index (χ0) is 18.2. The predicted octanol–water partition coefficient (Wildman–Crippen LogP) is 3.21. The average molecular weight is 372 g/mol. The van der Waals surface area contributed by atoms with Gasteiger partial charge in [0.25, 0.3) is 5.76 Å². The number of benzene rings is 1. The first-order valence-electron chi connectivity index (χ1n) is 8.19. The highest BCUT2D eigenvalue weighted by molar-refractivity contribution is 7.99. The maximum atomic E-state index is 12.3. The Morgan fingerprint density at radius 3 is 2.52 bits per heavy atom. The Hall–Kier alpha value is -1.67. The molecule has 1 aliphatic rings. The minimum Gasteiger partial charge on any atom is -0.465 e. The van der Waals surface area contributed by atoms with Gasteiger partial charge in [-0.05, 0) is 49.9 Å². The van der Waals surface area contributed by atoms with Gasteiger partial charge in [-0.25, -0.2) is 0 Å². The molecular weight excluding hydrogens is 350 g/mol. The van der Waals surface area contributed by atoms with Crippen molar-refractivity contribution in [1.82, 2.24) is 4.90 Å². The highest BCUT2D eigenvalue weighted by atomic mass is 32.2. The molecule has 0 heterocycles. The number of hydrogen-bond donors (Lipinski definition) is 1. The van der Waals surface area contributed by atoms with Crippen molar-refractivity contribution in [3.8, 4) is 0 Å². The van der Waals surface area contributed by atoms with Gasteiger partial charge in [0.2, 0.25) is 5.91 Å². The number of carbonyl (C=O) groups is 2. The van der Waals surface area contributed by atoms with Crippen LogP contribution in [0.15, 0.2) is 29.2 Å². The van der Waals surface area contributed by atoms with Gasteiger partial charge < -0.3 is 10.1 Å². The van der Waals surface area contributed by atoms with E-state index in [2.05, 4.69) is 5.32 Å². The molecule has 0 bridgehead atoms. The fourth-order valence-electron chi connectivity index (χ4n) is 2.36. The molecule has 1 saturated carbocycles. The molecule has 0 radical (unpaired) electrons. The Morgan fingerprint density at radius 1 is 1.28 bits per heavy atom. The van der Waals surface area contributed by atoms with Crippen molar-refractivity contribution in [3.63, 3.8) is 0 Å². The summed E-state index contributed by atoms with van der Waals surface area (Å²) in [5.41, 5.74) is 0.533. The molecule has 5 nitrogen and oxygen atoms in total. The molecule has 25 heavy (non-hydrogen) atoms. The molecule has 0 aliphatic heterocycles. The SMILES string of the molecule is CCOC(=O)CN(CC(=O)Nc1ccc(SC(F)F)cc1)CC1CC1. The summed E-state index contributed by atoms with van der Waals surface area (Å²) in [7, 11) is 0. The summed E-state index contributed by atoms with van der Waals surface area (Å²) in [6.45, 7) is 2.91. The first-order chi connectivity index (χ1) is 12.0. The molecule has 2 rings (SSSR count). The summed E-state index contributed by atoms with van der Waals surface area (Å²) in [5, 5.41) is 2.72. The van der Waals surface area contributed by atoms with E-state index in [9.17, 15) is 18.4 Å². The van der Waals surface area contributed by atoms with Crippen molar-refractivity contribution in [1.29, 1.82) is 0 Å². The number of carbonyl (C=O) groups excluding carboxylic acids is 2. The lowest BCUT2D eigenvalue weighted by Gasteiger charge is -2.20. The van der Waals surface area contributed by atoms with E-state index in [-0.39, 0.29) is 25.0 Å². The second-order valence-corrected chi connectivity index (χ2v) is 6.93. The largest absolute Gasteiger partial charge is 0.465 e. The lowest BCUT2D eigenvalue weighted by molar-refractivity contribution is -0.144. The van der Waals surface area contributed by atoms with Gasteiger partial charge in [-0.15, -0.1) is 0 Å². The first kappa shape index (κ1) is 19.7. The fourth-order valence-corrected chi connectivity index (χ4v) is 2.86. The molecule has 1 aromatic rings. The summed E-state index contributed by atoms with van der Waals surface area (Å²) >= 11 is 0.456. The van der Waals surface area contributed by atoms with E-state index in [1.165, 1.54) is 12.1 Å². The molecule has 1 N–H and O–H groups in total. The van der Waals surface area contributed by atoms with Crippen molar-refractivity contribution in [2.24, 2.45) is 5.92 Å². The lowest BCUT2D eigenvalue weighted by atomic mass is 10.3. The van der Waals surface area contributed by atoms with E-state index >= 15 is 0 Å². The standard InChI is InChI=1S/C17H22F2N2O3S/c1-2-24-16(23)11-21(9-12-3-4-12)10-15(22)20-13-5-7-14(8-6-13)25-17(18)19/h5-8,12,17H,2-4,9-11H2,1H3,(H,20,22). The van der Waals surface area contributed by atoms with Gasteiger partial charge in [0, 0.05) is 17.1 Å². The maximum absolute atomic E-state index is 12.3. The number of esters is 1. The molecule has 0 atom stereocenters. The van der Waals surface area contributed by atoms with Crippen LogP contribution in [0, 0.1) is 5.92 Å². The third-order valence-electron chi connectivity index (χ3n) is 3.60. The van der Waals surface area contributed by atoms with Crippen LogP contribution in [0.25, 0.3) is 0 Å². The van der Waals surface area contributed by atoms with Crippen LogP contribution in [0.1, 0.15) is 19.8 Å². The number of amides is 1. The Balaban J connectivity index is 1.85. The average Bonchev–Trinajstić information content (AvgIpc) is 3.32. The number of ether oxygens (including phenoxy) is 1. The molecule has 1 aliphatic carbocycles. The molecule has 0 saturated heterocycles. The number of rotatable bonds is 10. The number of thioether (sulfide) groups is 1. The van der Waals surface area contributed by atoms with Gasteiger partial charge in [0.1, 0.15) is 0 Å². The third-order valence-corrected chi connectivity index (χ3v) is 4.32. The molecule has 1 fully saturated rings. The van der Waals surface area contributed by atoms with Crippen LogP contribution in [0.4, 0.5) is 14.5 Å². The second kappa shape index (κ2) is 9.72. The number of nitrogens with zero attached hydrogens (tertiary/aromatic N) is 1. The van der Waals surface area contributed by atoms with Crippen LogP contribution in [-0.2, 0) is 14.3 Å². The lowest BCUT2D eigenvalue weighted by Crippen LogP contribution is -2.38. The third kappa shape index (κ3) is 7.83. The quantitative estimate of drug-likeness (QED) is 0.505. The normalized spacial score (nSPS) is 14.0. The molecule has 8 heteroatoms. The van der Waals surface area contributed by atoms with E-state index in [0.717, 1.165) is 12.8 Å². The van der Waals surface area contributed by atoms with Gasteiger partial charge in [0.05, 0.1) is 19.7 Å². The van der Waals surface area contributed by atoms with Crippen LogP contribution >= 0.6 is 11.8 Å². The predicted molar refractivity (Wildman–Crippen MR) is 92.7 cm³/mol. The molecule has 0 unspecified atom stereocenters. The summed E-state index contributed by atoms with van der Waals surface area (Å²) in [6, 6.07) is 6.23. The van der Waals surface area contributed by atoms with Crippen LogP contribution < -0.4 is 5.32 Å². The van der Waals surface area contributed by atoms with Crippen molar-refractivity contribution in [2.45, 2.75) is 30.4 Å². The number of hydrogen-bond acceptors (Lipinski definition) is 5. The molecular formula is C17H22F2N2O3S. The molecule has 0 spiro atoms. The smallest absolute Gasteiger partial charge is 0.320 e. The van der Waals surface area contributed by atoms with Gasteiger partial charge >= 0.3 is 5.97 Å². The monoisotopic (exact) mass is 372 g/mol. The first-order valence-corrected chi connectivity index (χ1v) is 9.07. The minimum atomic E-state index is -2.47. The maximum Gasteiger partial charge on any atom is 0.320 e. The van der Waals surface area contributed by atoms with Gasteiger partial charge in [-0.2, -0.15) is 8.78 Å². The van der Waals surface area contributed by atoms with Gasteiger partial charge in [-0.1, -0.05) is 11.8 Å². The van der Waals surface area contributed by atoms with Crippen LogP contribution in [0.5, 0.6) is 0 Å². The minimum absolute atomic E-state index is 0.0850. The number of anilines is 1. The highest BCUT2D eigenvalue weighted by Crippen LogP contribution is 2.29. The van der Waals surface area contributed by atoms with E-state index in [1.807, 2.05) is 0 Å². The van der Waals surface area contributed by atoms with Gasteiger partial charge in [-0.3, -0.25) is 14.5 Å². The fraction of sp³-hybridized carbons (Fsp3) is 0.529. The summed E-state index contributed by atoms with van der Waals surface area (Å²) < 4.78 is 29.5. The molecule has 1 aromatic carbocycles. The number of nitrogens with one attached hydrogen (secondary N) is 1. The Labute approximate surface area is 150 Å². The molecule has 1 amide bonds. The molecule has 0 aromatic heterocycles. The zero-order valence-corrected chi connectivity index (χ0v) is 14.9. The topological polar surface area (TPSA) is 58.6 Å². The van der Waals surface area contributed by atoms with Crippen LogP contribution in [-0.4, -0.2) is 48.8 Å². The second-order valence-electron chi connectivity index (χ2n) is 5.87. The van der Waals surface area contributed by atoms with E-state index < -0.39 is 5.76 Å². The van der Waals surface area contributed by atoms with E-state index in [4.69, 9.17) is 4.74 Å². The molecule has 138 valence electrons. The van der Waals surface area contributed by atoms with Crippen molar-refractivity contribution in [2.75, 3.05) is 31.6 Å². The number of halogens is 2. The van der Waals surface area contributed by atoms with Gasteiger partial charge in [0.15, 0.2) is 0 Å². The van der Waals surface area contributed by atoms with Crippen LogP contribution in [0.3, 0.4) is 0 Å². The summed E-state index contributed by atoms with van der Waals surface area (Å²) in [6.07, 6.45) is 2.23. The van der Waals surface area contributed by atoms with E-state index in [0.29, 0.717) is 41.4 Å². The Kier molecular flexibility index (Phi) is 7.64. The highest BCUT2D eigenvalue weighted by Gasteiger charge is 2.26.